The highest BCUT2D eigenvalue weighted by molar-refractivity contribution is 5.81. The number of aliphatic hydroxyl groups excluding tert-OH is 1. The van der Waals surface area contributed by atoms with Gasteiger partial charge in [-0.05, 0) is 31.6 Å². The smallest absolute Gasteiger partial charge is 0.136 e. The highest BCUT2D eigenvalue weighted by Gasteiger charge is 2.25. The minimum absolute atomic E-state index is 0.161. The van der Waals surface area contributed by atoms with Crippen molar-refractivity contribution in [2.75, 3.05) is 0 Å². The van der Waals surface area contributed by atoms with Crippen LogP contribution in [0.1, 0.15) is 70.6 Å². The maximum atomic E-state index is 11.9. The van der Waals surface area contributed by atoms with Gasteiger partial charge in [0, 0.05) is 12.3 Å². The molecule has 1 N–H and O–H groups in total. The molecule has 2 saturated carbocycles. The number of aliphatic hydroxyl groups is 1. The third-order valence-electron chi connectivity index (χ3n) is 4.57. The first-order chi connectivity index (χ1) is 8.25. The van der Waals surface area contributed by atoms with Crippen molar-refractivity contribution in [3.63, 3.8) is 0 Å². The van der Waals surface area contributed by atoms with Gasteiger partial charge in [-0.15, -0.1) is 0 Å². The van der Waals surface area contributed by atoms with Gasteiger partial charge in [0.1, 0.15) is 5.78 Å². The van der Waals surface area contributed by atoms with Gasteiger partial charge >= 0.3 is 0 Å². The topological polar surface area (TPSA) is 37.3 Å². The zero-order valence-electron chi connectivity index (χ0n) is 10.9. The Morgan fingerprint density at radius 2 is 1.71 bits per heavy atom. The molecule has 2 unspecified atom stereocenters. The van der Waals surface area contributed by atoms with E-state index in [1.54, 1.807) is 0 Å². The van der Waals surface area contributed by atoms with Crippen LogP contribution >= 0.6 is 0 Å². The van der Waals surface area contributed by atoms with Crippen LogP contribution in [-0.2, 0) is 4.79 Å². The molecule has 0 aromatic rings. The van der Waals surface area contributed by atoms with Crippen LogP contribution in [0, 0.1) is 11.8 Å². The van der Waals surface area contributed by atoms with Gasteiger partial charge < -0.3 is 5.11 Å². The summed E-state index contributed by atoms with van der Waals surface area (Å²) in [5.41, 5.74) is 0. The van der Waals surface area contributed by atoms with Crippen LogP contribution in [0.4, 0.5) is 0 Å². The minimum Gasteiger partial charge on any atom is -0.393 e. The summed E-state index contributed by atoms with van der Waals surface area (Å²) in [5.74, 6) is 1.30. The number of rotatable bonds is 4. The zero-order valence-corrected chi connectivity index (χ0v) is 10.9. The van der Waals surface area contributed by atoms with E-state index in [1.807, 2.05) is 0 Å². The van der Waals surface area contributed by atoms with Crippen LogP contribution in [0.25, 0.3) is 0 Å². The molecule has 0 aromatic carbocycles. The van der Waals surface area contributed by atoms with Crippen molar-refractivity contribution in [1.82, 2.24) is 0 Å². The van der Waals surface area contributed by atoms with Crippen molar-refractivity contribution in [2.24, 2.45) is 11.8 Å². The molecule has 2 rings (SSSR count). The van der Waals surface area contributed by atoms with Crippen LogP contribution in [-0.4, -0.2) is 17.0 Å². The van der Waals surface area contributed by atoms with Crippen molar-refractivity contribution in [1.29, 1.82) is 0 Å². The van der Waals surface area contributed by atoms with Crippen LogP contribution in [0.15, 0.2) is 0 Å². The van der Waals surface area contributed by atoms with E-state index in [0.29, 0.717) is 5.78 Å². The van der Waals surface area contributed by atoms with E-state index in [0.717, 1.165) is 38.0 Å². The van der Waals surface area contributed by atoms with Gasteiger partial charge in [0.05, 0.1) is 6.10 Å². The molecule has 0 radical (unpaired) electrons. The Balaban J connectivity index is 1.75. The highest BCUT2D eigenvalue weighted by atomic mass is 16.3. The Morgan fingerprint density at radius 3 is 2.47 bits per heavy atom. The summed E-state index contributed by atoms with van der Waals surface area (Å²) >= 11 is 0. The highest BCUT2D eigenvalue weighted by Crippen LogP contribution is 2.31. The predicted octanol–water partition coefficient (Wildman–Crippen LogP) is 3.47. The average molecular weight is 238 g/mol. The van der Waals surface area contributed by atoms with E-state index in [1.165, 1.54) is 38.5 Å². The molecule has 0 aromatic heterocycles. The fraction of sp³-hybridized carbons (Fsp3) is 0.933. The van der Waals surface area contributed by atoms with E-state index >= 15 is 0 Å². The van der Waals surface area contributed by atoms with Crippen molar-refractivity contribution >= 4 is 5.78 Å². The molecular weight excluding hydrogens is 212 g/mol. The first-order valence-electron chi connectivity index (χ1n) is 7.46. The number of hydrogen-bond acceptors (Lipinski definition) is 2. The standard InChI is InChI=1S/C15H26O2/c16-14(10-12-6-4-5-7-12)11-13-8-2-1-3-9-15(13)17/h12-14,16H,1-11H2. The number of Topliss-reactive ketones (excluding diaryl/α,β-unsaturated/α-hetero) is 1. The molecule has 0 spiro atoms. The summed E-state index contributed by atoms with van der Waals surface area (Å²) in [4.78, 5) is 11.9. The zero-order chi connectivity index (χ0) is 12.1. The van der Waals surface area contributed by atoms with Crippen molar-refractivity contribution in [3.05, 3.63) is 0 Å². The second kappa shape index (κ2) is 6.53. The molecular formula is C15H26O2. The summed E-state index contributed by atoms with van der Waals surface area (Å²) < 4.78 is 0. The molecule has 2 heteroatoms. The van der Waals surface area contributed by atoms with Gasteiger partial charge in [-0.2, -0.15) is 0 Å². The molecule has 2 nitrogen and oxygen atoms in total. The fourth-order valence-electron chi connectivity index (χ4n) is 3.54. The Labute approximate surface area is 105 Å². The molecule has 2 aliphatic carbocycles. The fourth-order valence-corrected chi connectivity index (χ4v) is 3.54. The molecule has 0 saturated heterocycles. The molecule has 0 heterocycles. The number of ketones is 1. The Bertz CT molecular complexity index is 243. The van der Waals surface area contributed by atoms with Crippen LogP contribution in [0.3, 0.4) is 0 Å². The van der Waals surface area contributed by atoms with Gasteiger partial charge in [-0.1, -0.05) is 38.5 Å². The summed E-state index contributed by atoms with van der Waals surface area (Å²) in [6, 6.07) is 0. The maximum Gasteiger partial charge on any atom is 0.136 e. The Morgan fingerprint density at radius 1 is 1.00 bits per heavy atom. The molecule has 2 fully saturated rings. The SMILES string of the molecule is O=C1CCCCCC1CC(O)CC1CCCC1. The van der Waals surface area contributed by atoms with Gasteiger partial charge in [0.2, 0.25) is 0 Å². The number of hydrogen-bond donors (Lipinski definition) is 1. The number of carbonyl (C=O) groups excluding carboxylic acids is 1. The molecule has 2 aliphatic rings. The lowest BCUT2D eigenvalue weighted by Gasteiger charge is -2.20. The van der Waals surface area contributed by atoms with E-state index in [4.69, 9.17) is 0 Å². The minimum atomic E-state index is -0.231. The van der Waals surface area contributed by atoms with Gasteiger partial charge in [-0.3, -0.25) is 4.79 Å². The van der Waals surface area contributed by atoms with Crippen molar-refractivity contribution < 1.29 is 9.90 Å². The van der Waals surface area contributed by atoms with Gasteiger partial charge in [-0.25, -0.2) is 0 Å². The third-order valence-corrected chi connectivity index (χ3v) is 4.57. The quantitative estimate of drug-likeness (QED) is 0.761. The molecule has 17 heavy (non-hydrogen) atoms. The van der Waals surface area contributed by atoms with Crippen LogP contribution in [0.2, 0.25) is 0 Å². The Kier molecular flexibility index (Phi) is 5.02. The summed E-state index contributed by atoms with van der Waals surface area (Å²) in [6.07, 6.45) is 11.9. The normalized spacial score (nSPS) is 29.2. The van der Waals surface area contributed by atoms with E-state index in [9.17, 15) is 9.90 Å². The monoisotopic (exact) mass is 238 g/mol. The second-order valence-electron chi connectivity index (χ2n) is 6.04. The first kappa shape index (κ1) is 13.1. The molecule has 2 atom stereocenters. The maximum absolute atomic E-state index is 11.9. The largest absolute Gasteiger partial charge is 0.393 e. The average Bonchev–Trinajstić information content (AvgIpc) is 2.71. The molecule has 0 bridgehead atoms. The lowest BCUT2D eigenvalue weighted by molar-refractivity contribution is -0.123. The van der Waals surface area contributed by atoms with E-state index < -0.39 is 0 Å². The number of carbonyl (C=O) groups is 1. The Hall–Kier alpha value is -0.370. The van der Waals surface area contributed by atoms with E-state index in [-0.39, 0.29) is 12.0 Å². The summed E-state index contributed by atoms with van der Waals surface area (Å²) in [6.45, 7) is 0. The van der Waals surface area contributed by atoms with E-state index in [2.05, 4.69) is 0 Å². The van der Waals surface area contributed by atoms with Gasteiger partial charge in [0.25, 0.3) is 0 Å². The lowest BCUT2D eigenvalue weighted by atomic mass is 9.88. The predicted molar refractivity (Wildman–Crippen MR) is 68.8 cm³/mol. The molecule has 98 valence electrons. The van der Waals surface area contributed by atoms with Crippen LogP contribution in [0.5, 0.6) is 0 Å². The van der Waals surface area contributed by atoms with Crippen molar-refractivity contribution in [2.45, 2.75) is 76.7 Å². The van der Waals surface area contributed by atoms with Gasteiger partial charge in [0.15, 0.2) is 0 Å². The molecule has 0 aliphatic heterocycles. The lowest BCUT2D eigenvalue weighted by Crippen LogP contribution is -2.21. The first-order valence-corrected chi connectivity index (χ1v) is 7.46. The summed E-state index contributed by atoms with van der Waals surface area (Å²) in [7, 11) is 0. The third kappa shape index (κ3) is 4.09. The molecule has 0 amide bonds. The van der Waals surface area contributed by atoms with Crippen LogP contribution < -0.4 is 0 Å². The second-order valence-corrected chi connectivity index (χ2v) is 6.04. The van der Waals surface area contributed by atoms with Crippen molar-refractivity contribution in [3.8, 4) is 0 Å². The summed E-state index contributed by atoms with van der Waals surface area (Å²) in [5, 5.41) is 10.1.